The van der Waals surface area contributed by atoms with Crippen molar-refractivity contribution in [3.63, 3.8) is 0 Å². The van der Waals surface area contributed by atoms with Gasteiger partial charge in [0.1, 0.15) is 6.61 Å². The van der Waals surface area contributed by atoms with E-state index in [1.165, 1.54) is 0 Å². The Morgan fingerprint density at radius 1 is 1.17 bits per heavy atom. The number of nitrogens with two attached hydrogens (primary N) is 1. The van der Waals surface area contributed by atoms with Gasteiger partial charge in [-0.25, -0.2) is 4.79 Å². The maximum atomic E-state index is 11.9. The predicted molar refractivity (Wildman–Crippen MR) is 69.1 cm³/mol. The van der Waals surface area contributed by atoms with Gasteiger partial charge in [0.05, 0.1) is 5.60 Å². The Bertz CT molecular complexity index is 305. The molecule has 0 heterocycles. The van der Waals surface area contributed by atoms with Crippen LogP contribution in [-0.2, 0) is 19.1 Å². The summed E-state index contributed by atoms with van der Waals surface area (Å²) in [6, 6.07) is 0. The second kappa shape index (κ2) is 6.29. The molecule has 0 bridgehead atoms. The minimum atomic E-state index is -0.806. The van der Waals surface area contributed by atoms with Gasteiger partial charge in [0, 0.05) is 12.0 Å². The van der Waals surface area contributed by atoms with Crippen molar-refractivity contribution >= 4 is 11.8 Å². The van der Waals surface area contributed by atoms with Crippen molar-refractivity contribution in [2.75, 3.05) is 13.2 Å². The molecule has 0 radical (unpaired) electrons. The second-order valence-corrected chi connectivity index (χ2v) is 5.99. The third-order valence-electron chi connectivity index (χ3n) is 2.48. The third kappa shape index (κ3) is 6.12. The summed E-state index contributed by atoms with van der Waals surface area (Å²) in [7, 11) is 0. The molecular weight excluding hydrogens is 234 g/mol. The highest BCUT2D eigenvalue weighted by Gasteiger charge is 2.32. The summed E-state index contributed by atoms with van der Waals surface area (Å²) < 4.78 is 10.3. The smallest absolute Gasteiger partial charge is 0.332 e. The van der Waals surface area contributed by atoms with Crippen molar-refractivity contribution in [1.82, 2.24) is 0 Å². The molecule has 0 unspecified atom stereocenters. The fraction of sp³-hybridized carbons (Fsp3) is 0.846. The van der Waals surface area contributed by atoms with Gasteiger partial charge in [-0.05, 0) is 27.7 Å². The number of ketones is 1. The maximum absolute atomic E-state index is 11.9. The molecule has 2 N–H and O–H groups in total. The Morgan fingerprint density at radius 2 is 1.67 bits per heavy atom. The lowest BCUT2D eigenvalue weighted by Crippen LogP contribution is -2.41. The fourth-order valence-corrected chi connectivity index (χ4v) is 1.21. The highest BCUT2D eigenvalue weighted by molar-refractivity contribution is 5.90. The minimum absolute atomic E-state index is 0.163. The van der Waals surface area contributed by atoms with Crippen molar-refractivity contribution in [2.24, 2.45) is 11.1 Å². The molecule has 0 aliphatic rings. The van der Waals surface area contributed by atoms with E-state index in [0.717, 1.165) is 0 Å². The van der Waals surface area contributed by atoms with Crippen LogP contribution in [0, 0.1) is 5.41 Å². The Labute approximate surface area is 109 Å². The lowest BCUT2D eigenvalue weighted by molar-refractivity contribution is -0.164. The van der Waals surface area contributed by atoms with E-state index < -0.39 is 23.1 Å². The summed E-state index contributed by atoms with van der Waals surface area (Å²) in [4.78, 5) is 23.4. The number of esters is 1. The van der Waals surface area contributed by atoms with Gasteiger partial charge in [0.2, 0.25) is 0 Å². The molecule has 1 atom stereocenters. The number of rotatable bonds is 6. The van der Waals surface area contributed by atoms with Crippen LogP contribution in [-0.4, -0.2) is 36.6 Å². The van der Waals surface area contributed by atoms with Crippen LogP contribution < -0.4 is 5.73 Å². The largest absolute Gasteiger partial charge is 0.453 e. The van der Waals surface area contributed by atoms with Crippen LogP contribution in [0.1, 0.15) is 41.5 Å². The number of carbonyl (C=O) groups is 2. The maximum Gasteiger partial charge on any atom is 0.332 e. The van der Waals surface area contributed by atoms with Crippen molar-refractivity contribution in [1.29, 1.82) is 0 Å². The molecule has 0 aliphatic heterocycles. The van der Waals surface area contributed by atoms with Crippen molar-refractivity contribution in [3.05, 3.63) is 0 Å². The van der Waals surface area contributed by atoms with Gasteiger partial charge in [-0.15, -0.1) is 0 Å². The van der Waals surface area contributed by atoms with E-state index in [4.69, 9.17) is 15.2 Å². The van der Waals surface area contributed by atoms with E-state index in [9.17, 15) is 9.59 Å². The van der Waals surface area contributed by atoms with Crippen LogP contribution in [0.25, 0.3) is 0 Å². The molecule has 0 rings (SSSR count). The normalized spacial score (nSPS) is 14.2. The first kappa shape index (κ1) is 17.1. The van der Waals surface area contributed by atoms with Gasteiger partial charge in [-0.2, -0.15) is 0 Å². The van der Waals surface area contributed by atoms with Gasteiger partial charge in [-0.1, -0.05) is 13.8 Å². The zero-order valence-electron chi connectivity index (χ0n) is 12.2. The molecule has 106 valence electrons. The van der Waals surface area contributed by atoms with Crippen molar-refractivity contribution < 1.29 is 19.1 Å². The summed E-state index contributed by atoms with van der Waals surface area (Å²) >= 11 is 0. The first-order chi connectivity index (χ1) is 7.99. The van der Waals surface area contributed by atoms with Crippen molar-refractivity contribution in [2.45, 2.75) is 53.2 Å². The molecule has 5 heteroatoms. The Hall–Kier alpha value is -0.940. The number of hydrogen-bond acceptors (Lipinski definition) is 5. The minimum Gasteiger partial charge on any atom is -0.453 e. The van der Waals surface area contributed by atoms with Crippen LogP contribution in [0.3, 0.4) is 0 Å². The van der Waals surface area contributed by atoms with Crippen LogP contribution in [0.5, 0.6) is 0 Å². The zero-order valence-corrected chi connectivity index (χ0v) is 12.2. The third-order valence-corrected chi connectivity index (χ3v) is 2.48. The van der Waals surface area contributed by atoms with Crippen LogP contribution in [0.4, 0.5) is 0 Å². The van der Waals surface area contributed by atoms with E-state index in [1.807, 2.05) is 20.8 Å². The molecule has 18 heavy (non-hydrogen) atoms. The molecule has 0 fully saturated rings. The van der Waals surface area contributed by atoms with Crippen molar-refractivity contribution in [3.8, 4) is 0 Å². The van der Waals surface area contributed by atoms with E-state index in [1.54, 1.807) is 20.8 Å². The summed E-state index contributed by atoms with van der Waals surface area (Å²) in [6.45, 7) is 10.6. The molecule has 0 spiro atoms. The predicted octanol–water partition coefficient (Wildman–Crippen LogP) is 1.29. The highest BCUT2D eigenvalue weighted by Crippen LogP contribution is 2.18. The van der Waals surface area contributed by atoms with E-state index in [-0.39, 0.29) is 18.9 Å². The first-order valence-corrected chi connectivity index (χ1v) is 6.07. The van der Waals surface area contributed by atoms with E-state index in [2.05, 4.69) is 0 Å². The van der Waals surface area contributed by atoms with Gasteiger partial charge in [-0.3, -0.25) is 4.79 Å². The summed E-state index contributed by atoms with van der Waals surface area (Å²) in [6.07, 6.45) is -0.806. The molecular formula is C13H25NO4. The topological polar surface area (TPSA) is 78.6 Å². The van der Waals surface area contributed by atoms with Crippen LogP contribution >= 0.6 is 0 Å². The van der Waals surface area contributed by atoms with Crippen LogP contribution in [0.2, 0.25) is 0 Å². The van der Waals surface area contributed by atoms with Gasteiger partial charge >= 0.3 is 5.97 Å². The summed E-state index contributed by atoms with van der Waals surface area (Å²) in [5.41, 5.74) is 4.40. The molecule has 0 amide bonds. The average molecular weight is 259 g/mol. The monoisotopic (exact) mass is 259 g/mol. The summed E-state index contributed by atoms with van der Waals surface area (Å²) in [5, 5.41) is 0. The van der Waals surface area contributed by atoms with Gasteiger partial charge in [0.25, 0.3) is 0 Å². The molecule has 5 nitrogen and oxygen atoms in total. The lowest BCUT2D eigenvalue weighted by atomic mass is 9.86. The molecule has 0 saturated heterocycles. The number of carbonyl (C=O) groups excluding carboxylic acids is 2. The molecule has 0 aliphatic carbocycles. The zero-order chi connectivity index (χ0) is 14.6. The van der Waals surface area contributed by atoms with Gasteiger partial charge < -0.3 is 15.2 Å². The first-order valence-electron chi connectivity index (χ1n) is 6.07. The Balaban J connectivity index is 4.28. The van der Waals surface area contributed by atoms with E-state index >= 15 is 0 Å². The average Bonchev–Trinajstić information content (AvgIpc) is 2.24. The molecule has 0 saturated carbocycles. The lowest BCUT2D eigenvalue weighted by Gasteiger charge is -2.25. The molecule has 0 aromatic rings. The summed E-state index contributed by atoms with van der Waals surface area (Å²) in [5.74, 6) is -0.729. The second-order valence-electron chi connectivity index (χ2n) is 5.99. The SMILES string of the molecule is C[C@H](OC(=O)COC(C)(C)C)C(=O)C(C)(C)CN. The quantitative estimate of drug-likeness (QED) is 0.727. The standard InChI is InChI=1S/C13H25NO4/c1-9(11(16)13(5,6)8-14)18-10(15)7-17-12(2,3)4/h9H,7-8,14H2,1-6H3/t9-/m0/s1. The number of hydrogen-bond donors (Lipinski definition) is 1. The molecule has 0 aromatic heterocycles. The number of ether oxygens (including phenoxy) is 2. The van der Waals surface area contributed by atoms with Gasteiger partial charge in [0.15, 0.2) is 11.9 Å². The Kier molecular flexibility index (Phi) is 5.96. The fourth-order valence-electron chi connectivity index (χ4n) is 1.21. The highest BCUT2D eigenvalue weighted by atomic mass is 16.6. The molecule has 0 aromatic carbocycles. The number of Topliss-reactive ketones (excluding diaryl/α,β-unsaturated/α-hetero) is 1. The van der Waals surface area contributed by atoms with E-state index in [0.29, 0.717) is 0 Å². The van der Waals surface area contributed by atoms with Crippen LogP contribution in [0.15, 0.2) is 0 Å². The Morgan fingerprint density at radius 3 is 2.06 bits per heavy atom.